The molecule has 4 aromatic rings. The molecule has 0 aliphatic carbocycles. The lowest BCUT2D eigenvalue weighted by Gasteiger charge is -2.38. The predicted octanol–water partition coefficient (Wildman–Crippen LogP) is 4.78. The van der Waals surface area contributed by atoms with Crippen molar-refractivity contribution in [2.75, 3.05) is 5.32 Å². The Morgan fingerprint density at radius 1 is 0.688 bits per heavy atom. The maximum Gasteiger partial charge on any atom is 0.342 e. The molecule has 32 heavy (non-hydrogen) atoms. The number of carbonyl (C=O) groups is 1. The van der Waals surface area contributed by atoms with Gasteiger partial charge in [0.1, 0.15) is 0 Å². The number of rotatable bonds is 4. The molecule has 4 heteroatoms. The SMILES string of the molecule is CC1(C=P(c2ccccc2)(c2ccccc2)c2ccccc2)Nc2ccccc2C(=O)O1. The van der Waals surface area contributed by atoms with Crippen LogP contribution in [0.25, 0.3) is 0 Å². The molecule has 0 spiro atoms. The summed E-state index contributed by atoms with van der Waals surface area (Å²) in [7, 11) is 0. The van der Waals surface area contributed by atoms with E-state index in [1.54, 1.807) is 6.07 Å². The first kappa shape index (κ1) is 20.4. The van der Waals surface area contributed by atoms with Crippen molar-refractivity contribution in [1.82, 2.24) is 0 Å². The average Bonchev–Trinajstić information content (AvgIpc) is 2.84. The van der Waals surface area contributed by atoms with Gasteiger partial charge in [0.05, 0.1) is 11.3 Å². The molecule has 4 aromatic carbocycles. The second kappa shape index (κ2) is 8.18. The molecule has 1 atom stereocenters. The van der Waals surface area contributed by atoms with Gasteiger partial charge >= 0.3 is 5.97 Å². The normalized spacial score (nSPS) is 17.6. The van der Waals surface area contributed by atoms with Crippen LogP contribution in [0.5, 0.6) is 0 Å². The maximum absolute atomic E-state index is 12.9. The van der Waals surface area contributed by atoms with Crippen LogP contribution in [0.3, 0.4) is 0 Å². The molecular formula is C28H24NO2P. The van der Waals surface area contributed by atoms with Crippen LogP contribution in [-0.4, -0.2) is 17.5 Å². The number of hydrogen-bond donors (Lipinski definition) is 1. The van der Waals surface area contributed by atoms with Gasteiger partial charge in [-0.05, 0) is 47.7 Å². The third-order valence-electron chi connectivity index (χ3n) is 5.76. The summed E-state index contributed by atoms with van der Waals surface area (Å²) in [4.78, 5) is 12.9. The zero-order chi connectivity index (χ0) is 22.0. The molecule has 0 amide bonds. The molecule has 0 saturated heterocycles. The van der Waals surface area contributed by atoms with Gasteiger partial charge in [0.2, 0.25) is 5.72 Å². The largest absolute Gasteiger partial charge is 0.432 e. The maximum atomic E-state index is 12.9. The van der Waals surface area contributed by atoms with Gasteiger partial charge in [-0.2, -0.15) is 0 Å². The van der Waals surface area contributed by atoms with Crippen molar-refractivity contribution in [2.45, 2.75) is 12.6 Å². The summed E-state index contributed by atoms with van der Waals surface area (Å²) in [6.45, 7) is -0.355. The molecule has 0 saturated carbocycles. The Bertz CT molecular complexity index is 1200. The van der Waals surface area contributed by atoms with Gasteiger partial charge < -0.3 is 10.1 Å². The van der Waals surface area contributed by atoms with Gasteiger partial charge in [-0.15, -0.1) is 0 Å². The second-order valence-corrected chi connectivity index (χ2v) is 11.3. The van der Waals surface area contributed by atoms with E-state index >= 15 is 0 Å². The van der Waals surface area contributed by atoms with Crippen LogP contribution in [0.4, 0.5) is 5.69 Å². The van der Waals surface area contributed by atoms with Gasteiger partial charge in [-0.3, -0.25) is 0 Å². The fourth-order valence-electron chi connectivity index (χ4n) is 4.40. The fourth-order valence-corrected chi connectivity index (χ4v) is 8.52. The zero-order valence-corrected chi connectivity index (χ0v) is 18.7. The van der Waals surface area contributed by atoms with E-state index in [2.05, 4.69) is 83.9 Å². The number of anilines is 1. The van der Waals surface area contributed by atoms with Crippen molar-refractivity contribution in [1.29, 1.82) is 0 Å². The molecular weight excluding hydrogens is 413 g/mol. The number of esters is 1. The molecule has 1 N–H and O–H groups in total. The standard InChI is InChI=1S/C28H24NO2P/c1-28(29-26-20-12-11-19-25(26)27(30)31-28)21-32(22-13-5-2-6-14-22,23-15-7-3-8-16-23)24-17-9-4-10-18-24/h2-21,29H,1H3. The number of nitrogens with one attached hydrogen (secondary N) is 1. The number of fused-ring (bicyclic) bond motifs is 1. The lowest BCUT2D eigenvalue weighted by atomic mass is 10.1. The Morgan fingerprint density at radius 3 is 1.62 bits per heavy atom. The van der Waals surface area contributed by atoms with Crippen molar-refractivity contribution in [3.63, 3.8) is 0 Å². The minimum atomic E-state index is -2.29. The highest BCUT2D eigenvalue weighted by molar-refractivity contribution is 7.94. The summed E-state index contributed by atoms with van der Waals surface area (Å²) in [5.74, 6) is 1.92. The van der Waals surface area contributed by atoms with Crippen LogP contribution in [0.1, 0.15) is 17.3 Å². The second-order valence-electron chi connectivity index (χ2n) is 8.03. The Kier molecular flexibility index (Phi) is 5.20. The van der Waals surface area contributed by atoms with E-state index in [1.807, 2.05) is 43.3 Å². The molecule has 1 aliphatic heterocycles. The van der Waals surface area contributed by atoms with E-state index in [9.17, 15) is 4.79 Å². The fraction of sp³-hybridized carbons (Fsp3) is 0.0714. The topological polar surface area (TPSA) is 38.3 Å². The van der Waals surface area contributed by atoms with Crippen molar-refractivity contribution < 1.29 is 9.53 Å². The van der Waals surface area contributed by atoms with Crippen molar-refractivity contribution in [3.05, 3.63) is 121 Å². The number of ether oxygens (including phenoxy) is 1. The first-order valence-electron chi connectivity index (χ1n) is 10.6. The summed E-state index contributed by atoms with van der Waals surface area (Å²) in [6, 6.07) is 39.1. The highest BCUT2D eigenvalue weighted by Crippen LogP contribution is 2.46. The van der Waals surface area contributed by atoms with Crippen LogP contribution < -0.4 is 21.2 Å². The van der Waals surface area contributed by atoms with E-state index < -0.39 is 12.6 Å². The van der Waals surface area contributed by atoms with Crippen LogP contribution in [0.15, 0.2) is 115 Å². The molecule has 0 radical (unpaired) electrons. The van der Waals surface area contributed by atoms with Crippen molar-refractivity contribution in [2.24, 2.45) is 0 Å². The van der Waals surface area contributed by atoms with E-state index in [4.69, 9.17) is 4.74 Å². The Balaban J connectivity index is 1.83. The smallest absolute Gasteiger partial charge is 0.342 e. The zero-order valence-electron chi connectivity index (χ0n) is 17.8. The summed E-state index contributed by atoms with van der Waals surface area (Å²) >= 11 is 0. The van der Waals surface area contributed by atoms with E-state index in [0.29, 0.717) is 5.56 Å². The van der Waals surface area contributed by atoms with Crippen LogP contribution >= 0.6 is 6.89 Å². The Morgan fingerprint density at radius 2 is 1.12 bits per heavy atom. The monoisotopic (exact) mass is 437 g/mol. The minimum Gasteiger partial charge on any atom is -0.432 e. The Hall–Kier alpha value is -3.55. The predicted molar refractivity (Wildman–Crippen MR) is 135 cm³/mol. The minimum absolute atomic E-state index is 0.314. The van der Waals surface area contributed by atoms with E-state index in [0.717, 1.165) is 5.69 Å². The van der Waals surface area contributed by atoms with Gasteiger partial charge in [-0.25, -0.2) is 4.79 Å². The molecule has 5 rings (SSSR count). The highest BCUT2D eigenvalue weighted by Gasteiger charge is 2.38. The van der Waals surface area contributed by atoms with Crippen LogP contribution in [0.2, 0.25) is 0 Å². The summed E-state index contributed by atoms with van der Waals surface area (Å²) in [5, 5.41) is 7.11. The summed E-state index contributed by atoms with van der Waals surface area (Å²) in [6.07, 6.45) is 0. The lowest BCUT2D eigenvalue weighted by Crippen LogP contribution is -2.47. The number of cyclic esters (lactones) is 1. The van der Waals surface area contributed by atoms with Gasteiger partial charge in [-0.1, -0.05) is 103 Å². The number of benzene rings is 4. The quantitative estimate of drug-likeness (QED) is 0.369. The molecule has 3 nitrogen and oxygen atoms in total. The summed E-state index contributed by atoms with van der Waals surface area (Å²) in [5.41, 5.74) is 0.358. The summed E-state index contributed by atoms with van der Waals surface area (Å²) < 4.78 is 6.04. The molecule has 1 unspecified atom stereocenters. The average molecular weight is 437 g/mol. The first-order chi connectivity index (χ1) is 15.6. The van der Waals surface area contributed by atoms with Crippen LogP contribution in [-0.2, 0) is 4.74 Å². The number of hydrogen-bond acceptors (Lipinski definition) is 3. The number of para-hydroxylation sites is 1. The molecule has 158 valence electrons. The molecule has 0 bridgehead atoms. The molecule has 0 aromatic heterocycles. The van der Waals surface area contributed by atoms with Crippen LogP contribution in [0, 0.1) is 0 Å². The Labute approximate surface area is 188 Å². The molecule has 1 aliphatic rings. The highest BCUT2D eigenvalue weighted by atomic mass is 31.2. The third-order valence-corrected chi connectivity index (χ3v) is 9.98. The first-order valence-corrected chi connectivity index (χ1v) is 12.5. The van der Waals surface area contributed by atoms with Gasteiger partial charge in [0.25, 0.3) is 0 Å². The molecule has 1 heterocycles. The van der Waals surface area contributed by atoms with E-state index in [-0.39, 0.29) is 5.97 Å². The molecule has 0 fully saturated rings. The lowest BCUT2D eigenvalue weighted by molar-refractivity contribution is 0.0248. The van der Waals surface area contributed by atoms with Gasteiger partial charge in [0.15, 0.2) is 0 Å². The third kappa shape index (κ3) is 3.55. The van der Waals surface area contributed by atoms with Gasteiger partial charge in [0, 0.05) is 0 Å². The van der Waals surface area contributed by atoms with Crippen molar-refractivity contribution in [3.8, 4) is 0 Å². The number of carbonyl (C=O) groups excluding carboxylic acids is 1. The van der Waals surface area contributed by atoms with E-state index in [1.165, 1.54) is 15.9 Å². The van der Waals surface area contributed by atoms with Crippen molar-refractivity contribution >= 4 is 40.3 Å².